The number of hydrogen-bond donors (Lipinski definition) is 1. The molecule has 0 fully saturated rings. The van der Waals surface area contributed by atoms with Crippen molar-refractivity contribution in [3.05, 3.63) is 57.3 Å². The van der Waals surface area contributed by atoms with E-state index in [0.29, 0.717) is 0 Å². The second kappa shape index (κ2) is 6.95. The minimum absolute atomic E-state index is 0.0738. The number of nitrogens with one attached hydrogen (secondary N) is 1. The largest absolute Gasteiger partial charge is 0.306 e. The predicted molar refractivity (Wildman–Crippen MR) is 80.2 cm³/mol. The molecule has 1 aromatic carbocycles. The smallest absolute Gasteiger partial charge is 0.159 e. The van der Waals surface area contributed by atoms with Gasteiger partial charge in [-0.15, -0.1) is 11.3 Å². The Labute approximate surface area is 122 Å². The fourth-order valence-corrected chi connectivity index (χ4v) is 3.16. The summed E-state index contributed by atoms with van der Waals surface area (Å²) in [6.07, 6.45) is 1.98. The van der Waals surface area contributed by atoms with Gasteiger partial charge in [-0.2, -0.15) is 0 Å². The maximum Gasteiger partial charge on any atom is 0.159 e. The van der Waals surface area contributed by atoms with Gasteiger partial charge < -0.3 is 5.32 Å². The van der Waals surface area contributed by atoms with Crippen molar-refractivity contribution in [3.8, 4) is 0 Å². The molecular weight excluding hydrogens is 276 g/mol. The molecule has 1 nitrogen and oxygen atoms in total. The number of benzene rings is 1. The molecule has 0 saturated carbocycles. The van der Waals surface area contributed by atoms with Crippen molar-refractivity contribution in [1.29, 1.82) is 0 Å². The molecular formula is C16H19F2NS. The first kappa shape index (κ1) is 15.1. The number of rotatable bonds is 6. The lowest BCUT2D eigenvalue weighted by molar-refractivity contribution is 0.503. The van der Waals surface area contributed by atoms with Crippen LogP contribution in [0.25, 0.3) is 0 Å². The molecule has 1 aromatic heterocycles. The topological polar surface area (TPSA) is 12.0 Å². The molecule has 0 amide bonds. The lowest BCUT2D eigenvalue weighted by Gasteiger charge is -2.18. The highest BCUT2D eigenvalue weighted by Crippen LogP contribution is 2.29. The molecule has 0 aliphatic heterocycles. The van der Waals surface area contributed by atoms with Crippen molar-refractivity contribution in [2.75, 3.05) is 6.54 Å². The Kier molecular flexibility index (Phi) is 5.26. The van der Waals surface area contributed by atoms with Crippen LogP contribution < -0.4 is 5.32 Å². The normalized spacial score (nSPS) is 12.6. The Hall–Kier alpha value is -1.26. The van der Waals surface area contributed by atoms with E-state index in [2.05, 4.69) is 31.3 Å². The number of thiophene rings is 1. The van der Waals surface area contributed by atoms with E-state index in [1.165, 1.54) is 17.0 Å². The highest BCUT2D eigenvalue weighted by atomic mass is 32.1. The van der Waals surface area contributed by atoms with Crippen LogP contribution in [0.5, 0.6) is 0 Å². The summed E-state index contributed by atoms with van der Waals surface area (Å²) in [6, 6.07) is 8.22. The number of halogens is 2. The van der Waals surface area contributed by atoms with Crippen LogP contribution in [-0.4, -0.2) is 6.54 Å². The Morgan fingerprint density at radius 3 is 2.50 bits per heavy atom. The van der Waals surface area contributed by atoms with E-state index in [1.54, 1.807) is 17.4 Å². The van der Waals surface area contributed by atoms with Crippen LogP contribution in [0.1, 0.15) is 41.6 Å². The molecule has 0 bridgehead atoms. The molecule has 20 heavy (non-hydrogen) atoms. The molecule has 1 atom stereocenters. The first-order chi connectivity index (χ1) is 9.65. The van der Waals surface area contributed by atoms with E-state index in [1.807, 2.05) is 0 Å². The Bertz CT molecular complexity index is 565. The zero-order valence-corrected chi connectivity index (χ0v) is 12.6. The van der Waals surface area contributed by atoms with Crippen molar-refractivity contribution < 1.29 is 8.78 Å². The summed E-state index contributed by atoms with van der Waals surface area (Å²) in [5.74, 6) is -1.60. The molecule has 1 N–H and O–H groups in total. The third-order valence-corrected chi connectivity index (χ3v) is 4.49. The number of hydrogen-bond acceptors (Lipinski definition) is 2. The summed E-state index contributed by atoms with van der Waals surface area (Å²) in [5.41, 5.74) is 0.766. The highest BCUT2D eigenvalue weighted by molar-refractivity contribution is 7.12. The van der Waals surface area contributed by atoms with Gasteiger partial charge in [0.1, 0.15) is 0 Å². The van der Waals surface area contributed by atoms with Crippen LogP contribution in [0.4, 0.5) is 8.78 Å². The Balaban J connectivity index is 2.32. The second-order valence-electron chi connectivity index (χ2n) is 4.72. The van der Waals surface area contributed by atoms with Crippen molar-refractivity contribution in [3.63, 3.8) is 0 Å². The molecule has 0 saturated heterocycles. The maximum atomic E-state index is 13.4. The minimum Gasteiger partial charge on any atom is -0.306 e. The first-order valence-electron chi connectivity index (χ1n) is 6.92. The lowest BCUT2D eigenvalue weighted by atomic mass is 10.0. The maximum absolute atomic E-state index is 13.4. The van der Waals surface area contributed by atoms with Gasteiger partial charge in [0.2, 0.25) is 0 Å². The van der Waals surface area contributed by atoms with Crippen molar-refractivity contribution in [2.24, 2.45) is 0 Å². The molecule has 2 aromatic rings. The van der Waals surface area contributed by atoms with Gasteiger partial charge in [-0.25, -0.2) is 8.78 Å². The van der Waals surface area contributed by atoms with E-state index < -0.39 is 11.6 Å². The molecule has 0 aliphatic carbocycles. The quantitative estimate of drug-likeness (QED) is 0.816. The average molecular weight is 295 g/mol. The van der Waals surface area contributed by atoms with Crippen LogP contribution in [-0.2, 0) is 6.42 Å². The monoisotopic (exact) mass is 295 g/mol. The summed E-state index contributed by atoms with van der Waals surface area (Å²) >= 11 is 1.72. The molecule has 1 unspecified atom stereocenters. The lowest BCUT2D eigenvalue weighted by Crippen LogP contribution is -2.22. The summed E-state index contributed by atoms with van der Waals surface area (Å²) in [6.45, 7) is 5.03. The van der Waals surface area contributed by atoms with Gasteiger partial charge in [0.15, 0.2) is 11.6 Å². The minimum atomic E-state index is -0.802. The fourth-order valence-electron chi connectivity index (χ4n) is 2.10. The van der Waals surface area contributed by atoms with Gasteiger partial charge in [-0.3, -0.25) is 0 Å². The molecule has 1 heterocycles. The predicted octanol–water partition coefficient (Wildman–Crippen LogP) is 4.68. The molecule has 2 rings (SSSR count). The van der Waals surface area contributed by atoms with Gasteiger partial charge in [0, 0.05) is 9.75 Å². The van der Waals surface area contributed by atoms with E-state index in [-0.39, 0.29) is 6.04 Å². The Morgan fingerprint density at radius 2 is 1.90 bits per heavy atom. The van der Waals surface area contributed by atoms with Gasteiger partial charge in [0.25, 0.3) is 0 Å². The third kappa shape index (κ3) is 3.44. The van der Waals surface area contributed by atoms with Crippen molar-refractivity contribution in [2.45, 2.75) is 32.7 Å². The molecule has 0 spiro atoms. The van der Waals surface area contributed by atoms with E-state index in [9.17, 15) is 8.78 Å². The Morgan fingerprint density at radius 1 is 1.10 bits per heavy atom. The average Bonchev–Trinajstić information content (AvgIpc) is 2.92. The van der Waals surface area contributed by atoms with Crippen LogP contribution in [0.2, 0.25) is 0 Å². The first-order valence-corrected chi connectivity index (χ1v) is 7.74. The summed E-state index contributed by atoms with van der Waals surface area (Å²) < 4.78 is 26.5. The van der Waals surface area contributed by atoms with Gasteiger partial charge in [0.05, 0.1) is 6.04 Å². The van der Waals surface area contributed by atoms with Crippen molar-refractivity contribution >= 4 is 11.3 Å². The summed E-state index contributed by atoms with van der Waals surface area (Å²) in [4.78, 5) is 2.44. The standard InChI is InChI=1S/C16H19F2NS/c1-3-9-19-16(15-8-6-12(4-2)20-15)11-5-7-13(17)14(18)10-11/h5-8,10,16,19H,3-4,9H2,1-2H3. The van der Waals surface area contributed by atoms with E-state index in [4.69, 9.17) is 0 Å². The zero-order chi connectivity index (χ0) is 14.5. The summed E-state index contributed by atoms with van der Waals surface area (Å²) in [5, 5.41) is 3.41. The SMILES string of the molecule is CCCNC(c1ccc(F)c(F)c1)c1ccc(CC)s1. The molecule has 108 valence electrons. The van der Waals surface area contributed by atoms with Gasteiger partial charge in [-0.1, -0.05) is 19.9 Å². The van der Waals surface area contributed by atoms with Crippen LogP contribution in [0.15, 0.2) is 30.3 Å². The zero-order valence-electron chi connectivity index (χ0n) is 11.7. The van der Waals surface area contributed by atoms with Crippen LogP contribution >= 0.6 is 11.3 Å². The van der Waals surface area contributed by atoms with Gasteiger partial charge in [-0.05, 0) is 49.2 Å². The number of aryl methyl sites for hydroxylation is 1. The molecule has 0 aliphatic rings. The molecule has 4 heteroatoms. The van der Waals surface area contributed by atoms with E-state index >= 15 is 0 Å². The van der Waals surface area contributed by atoms with Crippen LogP contribution in [0, 0.1) is 11.6 Å². The van der Waals surface area contributed by atoms with Crippen molar-refractivity contribution in [1.82, 2.24) is 5.32 Å². The van der Waals surface area contributed by atoms with Gasteiger partial charge >= 0.3 is 0 Å². The van der Waals surface area contributed by atoms with E-state index in [0.717, 1.165) is 29.8 Å². The highest BCUT2D eigenvalue weighted by Gasteiger charge is 2.17. The van der Waals surface area contributed by atoms with Crippen LogP contribution in [0.3, 0.4) is 0 Å². The second-order valence-corrected chi connectivity index (χ2v) is 5.92. The third-order valence-electron chi connectivity index (χ3n) is 3.19. The summed E-state index contributed by atoms with van der Waals surface area (Å²) in [7, 11) is 0. The fraction of sp³-hybridized carbons (Fsp3) is 0.375. The molecule has 0 radical (unpaired) electrons.